The number of ketones is 1. The van der Waals surface area contributed by atoms with Crippen LogP contribution in [0.2, 0.25) is 0 Å². The van der Waals surface area contributed by atoms with E-state index in [0.717, 1.165) is 13.0 Å². The van der Waals surface area contributed by atoms with Crippen LogP contribution in [0.4, 0.5) is 0 Å². The molecule has 0 aromatic carbocycles. The maximum atomic E-state index is 11.0. The van der Waals surface area contributed by atoms with E-state index in [2.05, 4.69) is 5.32 Å². The first-order valence-corrected chi connectivity index (χ1v) is 4.02. The Balaban J connectivity index is 2.52. The lowest BCUT2D eigenvalue weighted by Gasteiger charge is -2.15. The number of esters is 1. The van der Waals surface area contributed by atoms with Gasteiger partial charge in [0.05, 0.1) is 0 Å². The molecule has 0 spiro atoms. The molecular formula is C8H13NO3. The number of Topliss-reactive ketones (excluding diaryl/α,β-unsaturated/α-hetero) is 1. The molecule has 68 valence electrons. The smallest absolute Gasteiger partial charge is 0.302 e. The van der Waals surface area contributed by atoms with Crippen molar-refractivity contribution in [3.05, 3.63) is 0 Å². The highest BCUT2D eigenvalue weighted by molar-refractivity contribution is 5.83. The van der Waals surface area contributed by atoms with Gasteiger partial charge in [-0.2, -0.15) is 0 Å². The molecule has 0 aliphatic carbocycles. The van der Waals surface area contributed by atoms with Crippen LogP contribution in [0.3, 0.4) is 0 Å². The molecule has 2 atom stereocenters. The topological polar surface area (TPSA) is 55.4 Å². The van der Waals surface area contributed by atoms with Crippen molar-refractivity contribution in [2.45, 2.75) is 32.4 Å². The Bertz CT molecular complexity index is 202. The zero-order valence-corrected chi connectivity index (χ0v) is 7.29. The largest absolute Gasteiger partial charge is 0.460 e. The molecule has 1 N–H and O–H groups in total. The van der Waals surface area contributed by atoms with Gasteiger partial charge in [-0.1, -0.05) is 0 Å². The summed E-state index contributed by atoms with van der Waals surface area (Å²) in [4.78, 5) is 21.6. The Morgan fingerprint density at radius 1 is 1.42 bits per heavy atom. The van der Waals surface area contributed by atoms with E-state index in [1.54, 1.807) is 0 Å². The first kappa shape index (κ1) is 9.19. The second kappa shape index (κ2) is 3.67. The molecule has 0 amide bonds. The number of hydrogen-bond donors (Lipinski definition) is 1. The Kier molecular flexibility index (Phi) is 2.81. The summed E-state index contributed by atoms with van der Waals surface area (Å²) < 4.78 is 4.96. The molecule has 0 aromatic heterocycles. The lowest BCUT2D eigenvalue weighted by Crippen LogP contribution is -2.39. The Hall–Kier alpha value is -0.900. The molecule has 1 saturated heterocycles. The fourth-order valence-electron chi connectivity index (χ4n) is 1.42. The van der Waals surface area contributed by atoms with Crippen LogP contribution in [0.5, 0.6) is 0 Å². The standard InChI is InChI=1S/C8H13NO3/c1-5(10)8-7(3-4-9-8)12-6(2)11/h7-9H,3-4H2,1-2H3. The van der Waals surface area contributed by atoms with Gasteiger partial charge in [0.1, 0.15) is 17.9 Å². The molecule has 12 heavy (non-hydrogen) atoms. The number of carbonyl (C=O) groups excluding carboxylic acids is 2. The van der Waals surface area contributed by atoms with E-state index in [4.69, 9.17) is 4.74 Å². The van der Waals surface area contributed by atoms with Crippen LogP contribution >= 0.6 is 0 Å². The van der Waals surface area contributed by atoms with Gasteiger partial charge in [-0.3, -0.25) is 9.59 Å². The number of ether oxygens (including phenoxy) is 1. The van der Waals surface area contributed by atoms with Gasteiger partial charge in [0.2, 0.25) is 0 Å². The molecule has 1 rings (SSSR count). The highest BCUT2D eigenvalue weighted by Crippen LogP contribution is 2.12. The molecule has 4 nitrogen and oxygen atoms in total. The van der Waals surface area contributed by atoms with Crippen molar-refractivity contribution in [1.29, 1.82) is 0 Å². The van der Waals surface area contributed by atoms with Gasteiger partial charge < -0.3 is 10.1 Å². The molecule has 2 unspecified atom stereocenters. The highest BCUT2D eigenvalue weighted by atomic mass is 16.5. The van der Waals surface area contributed by atoms with Crippen molar-refractivity contribution >= 4 is 11.8 Å². The first-order chi connectivity index (χ1) is 5.61. The minimum absolute atomic E-state index is 0.0266. The molecule has 0 aromatic rings. The van der Waals surface area contributed by atoms with Gasteiger partial charge in [0.25, 0.3) is 0 Å². The van der Waals surface area contributed by atoms with Gasteiger partial charge in [-0.05, 0) is 19.9 Å². The van der Waals surface area contributed by atoms with E-state index >= 15 is 0 Å². The molecule has 0 bridgehead atoms. The fourth-order valence-corrected chi connectivity index (χ4v) is 1.42. The summed E-state index contributed by atoms with van der Waals surface area (Å²) in [6.07, 6.45) is 0.462. The quantitative estimate of drug-likeness (QED) is 0.588. The van der Waals surface area contributed by atoms with Crippen LogP contribution in [0, 0.1) is 0 Å². The normalized spacial score (nSPS) is 28.5. The van der Waals surface area contributed by atoms with Crippen molar-refractivity contribution in [1.82, 2.24) is 5.32 Å². The van der Waals surface area contributed by atoms with Crippen LogP contribution in [0.15, 0.2) is 0 Å². The average molecular weight is 171 g/mol. The lowest BCUT2D eigenvalue weighted by molar-refractivity contribution is -0.147. The van der Waals surface area contributed by atoms with Crippen LogP contribution in [-0.4, -0.2) is 30.4 Å². The molecular weight excluding hydrogens is 158 g/mol. The zero-order chi connectivity index (χ0) is 9.14. The number of hydrogen-bond acceptors (Lipinski definition) is 4. The predicted octanol–water partition coefficient (Wildman–Crippen LogP) is -0.131. The van der Waals surface area contributed by atoms with Crippen molar-refractivity contribution < 1.29 is 14.3 Å². The summed E-state index contributed by atoms with van der Waals surface area (Å²) >= 11 is 0. The monoisotopic (exact) mass is 171 g/mol. The van der Waals surface area contributed by atoms with Crippen molar-refractivity contribution in [2.24, 2.45) is 0 Å². The van der Waals surface area contributed by atoms with Crippen molar-refractivity contribution in [3.63, 3.8) is 0 Å². The second-order valence-electron chi connectivity index (χ2n) is 2.98. The number of carbonyl (C=O) groups is 2. The maximum absolute atomic E-state index is 11.0. The molecule has 0 radical (unpaired) electrons. The summed E-state index contributed by atoms with van der Waals surface area (Å²) in [5, 5.41) is 2.98. The van der Waals surface area contributed by atoms with Crippen LogP contribution in [0.1, 0.15) is 20.3 Å². The minimum Gasteiger partial charge on any atom is -0.460 e. The van der Waals surface area contributed by atoms with Gasteiger partial charge >= 0.3 is 5.97 Å². The summed E-state index contributed by atoms with van der Waals surface area (Å²) in [5.74, 6) is -0.297. The number of nitrogens with one attached hydrogen (secondary N) is 1. The second-order valence-corrected chi connectivity index (χ2v) is 2.98. The molecule has 1 aliphatic rings. The van der Waals surface area contributed by atoms with Gasteiger partial charge in [0, 0.05) is 6.92 Å². The SMILES string of the molecule is CC(=O)OC1CCNC1C(C)=O. The third-order valence-corrected chi connectivity index (χ3v) is 1.92. The molecule has 1 aliphatic heterocycles. The third kappa shape index (κ3) is 2.04. The summed E-state index contributed by atoms with van der Waals surface area (Å²) in [6.45, 7) is 3.59. The van der Waals surface area contributed by atoms with E-state index < -0.39 is 0 Å². The number of rotatable bonds is 2. The Labute approximate surface area is 71.3 Å². The van der Waals surface area contributed by atoms with Crippen LogP contribution in [-0.2, 0) is 14.3 Å². The molecule has 1 heterocycles. The van der Waals surface area contributed by atoms with E-state index in [-0.39, 0.29) is 23.9 Å². The highest BCUT2D eigenvalue weighted by Gasteiger charge is 2.32. The van der Waals surface area contributed by atoms with Crippen molar-refractivity contribution in [2.75, 3.05) is 6.54 Å². The fraction of sp³-hybridized carbons (Fsp3) is 0.750. The third-order valence-electron chi connectivity index (χ3n) is 1.92. The lowest BCUT2D eigenvalue weighted by atomic mass is 10.1. The predicted molar refractivity (Wildman–Crippen MR) is 42.6 cm³/mol. The molecule has 1 fully saturated rings. The van der Waals surface area contributed by atoms with E-state index in [0.29, 0.717) is 0 Å². The summed E-state index contributed by atoms with van der Waals surface area (Å²) in [6, 6.07) is -0.297. The van der Waals surface area contributed by atoms with E-state index in [9.17, 15) is 9.59 Å². The average Bonchev–Trinajstić information content (AvgIpc) is 2.33. The molecule has 4 heteroatoms. The summed E-state index contributed by atoms with van der Waals surface area (Å²) in [5.41, 5.74) is 0. The maximum Gasteiger partial charge on any atom is 0.302 e. The van der Waals surface area contributed by atoms with Gasteiger partial charge in [0.15, 0.2) is 0 Å². The van der Waals surface area contributed by atoms with Gasteiger partial charge in [-0.25, -0.2) is 0 Å². The minimum atomic E-state index is -0.324. The molecule has 0 saturated carbocycles. The van der Waals surface area contributed by atoms with Crippen LogP contribution < -0.4 is 5.32 Å². The van der Waals surface area contributed by atoms with Gasteiger partial charge in [-0.15, -0.1) is 0 Å². The van der Waals surface area contributed by atoms with E-state index in [1.807, 2.05) is 0 Å². The Morgan fingerprint density at radius 2 is 2.08 bits per heavy atom. The first-order valence-electron chi connectivity index (χ1n) is 4.02. The Morgan fingerprint density at radius 3 is 2.58 bits per heavy atom. The van der Waals surface area contributed by atoms with Crippen LogP contribution in [0.25, 0.3) is 0 Å². The zero-order valence-electron chi connectivity index (χ0n) is 7.29. The summed E-state index contributed by atoms with van der Waals surface area (Å²) in [7, 11) is 0. The van der Waals surface area contributed by atoms with Crippen molar-refractivity contribution in [3.8, 4) is 0 Å². The van der Waals surface area contributed by atoms with E-state index in [1.165, 1.54) is 13.8 Å².